The summed E-state index contributed by atoms with van der Waals surface area (Å²) < 4.78 is 43.5. The molecule has 3 rings (SSSR count). The van der Waals surface area contributed by atoms with E-state index < -0.39 is 17.8 Å². The SMILES string of the molecule is CCN(C(=O)c1ccc(Cl)cc1-n1nccn1)[C@@H](C)COc1ccc(C(F)(F)F)cn1. The average molecular weight is 454 g/mol. The number of carbonyl (C=O) groups excluding carboxylic acids is 1. The first-order valence-electron chi connectivity index (χ1n) is 9.34. The number of aromatic nitrogens is 4. The lowest BCUT2D eigenvalue weighted by molar-refractivity contribution is -0.137. The van der Waals surface area contributed by atoms with E-state index in [-0.39, 0.29) is 18.4 Å². The molecule has 0 bridgehead atoms. The van der Waals surface area contributed by atoms with Crippen molar-refractivity contribution in [3.63, 3.8) is 0 Å². The van der Waals surface area contributed by atoms with E-state index in [2.05, 4.69) is 15.2 Å². The van der Waals surface area contributed by atoms with Crippen LogP contribution in [0.5, 0.6) is 5.88 Å². The van der Waals surface area contributed by atoms with Gasteiger partial charge in [0, 0.05) is 23.8 Å². The summed E-state index contributed by atoms with van der Waals surface area (Å²) in [5, 5.41) is 8.56. The molecule has 0 aliphatic heterocycles. The number of hydrogen-bond donors (Lipinski definition) is 0. The van der Waals surface area contributed by atoms with Gasteiger partial charge in [-0.1, -0.05) is 11.6 Å². The summed E-state index contributed by atoms with van der Waals surface area (Å²) in [6, 6.07) is 6.44. The van der Waals surface area contributed by atoms with Crippen molar-refractivity contribution in [1.82, 2.24) is 24.9 Å². The highest BCUT2D eigenvalue weighted by atomic mass is 35.5. The summed E-state index contributed by atoms with van der Waals surface area (Å²) in [7, 11) is 0. The smallest absolute Gasteiger partial charge is 0.417 e. The van der Waals surface area contributed by atoms with Crippen molar-refractivity contribution in [2.45, 2.75) is 26.1 Å². The van der Waals surface area contributed by atoms with Crippen LogP contribution in [0.4, 0.5) is 13.2 Å². The van der Waals surface area contributed by atoms with E-state index in [1.807, 2.05) is 6.92 Å². The van der Waals surface area contributed by atoms with Crippen LogP contribution in [-0.4, -0.2) is 50.0 Å². The number of amides is 1. The van der Waals surface area contributed by atoms with Crippen molar-refractivity contribution in [3.8, 4) is 11.6 Å². The number of pyridine rings is 1. The molecule has 31 heavy (non-hydrogen) atoms. The molecule has 0 N–H and O–H groups in total. The number of hydrogen-bond acceptors (Lipinski definition) is 5. The van der Waals surface area contributed by atoms with E-state index >= 15 is 0 Å². The van der Waals surface area contributed by atoms with Crippen LogP contribution < -0.4 is 4.74 Å². The minimum atomic E-state index is -4.47. The number of carbonyl (C=O) groups is 1. The number of alkyl halides is 3. The van der Waals surface area contributed by atoms with E-state index in [4.69, 9.17) is 16.3 Å². The van der Waals surface area contributed by atoms with Gasteiger partial charge in [-0.15, -0.1) is 0 Å². The van der Waals surface area contributed by atoms with Crippen molar-refractivity contribution in [2.24, 2.45) is 0 Å². The second-order valence-electron chi connectivity index (χ2n) is 6.61. The molecule has 0 saturated heterocycles. The Kier molecular flexibility index (Phi) is 6.79. The van der Waals surface area contributed by atoms with E-state index in [1.54, 1.807) is 30.0 Å². The Morgan fingerprint density at radius 3 is 2.52 bits per heavy atom. The molecule has 0 spiro atoms. The number of likely N-dealkylation sites (N-methyl/N-ethyl adjacent to an activating group) is 1. The van der Waals surface area contributed by atoms with Gasteiger partial charge >= 0.3 is 6.18 Å². The molecule has 164 valence electrons. The molecule has 0 fully saturated rings. The zero-order valence-electron chi connectivity index (χ0n) is 16.7. The predicted molar refractivity (Wildman–Crippen MR) is 107 cm³/mol. The maximum Gasteiger partial charge on any atom is 0.417 e. The highest BCUT2D eigenvalue weighted by Crippen LogP contribution is 2.29. The Hall–Kier alpha value is -3.14. The maximum atomic E-state index is 13.2. The molecular formula is C20H19ClF3N5O2. The van der Waals surface area contributed by atoms with Crippen molar-refractivity contribution >= 4 is 17.5 Å². The fourth-order valence-corrected chi connectivity index (χ4v) is 3.10. The normalized spacial score (nSPS) is 12.5. The molecule has 1 amide bonds. The van der Waals surface area contributed by atoms with Gasteiger partial charge < -0.3 is 9.64 Å². The Labute approximate surface area is 181 Å². The molecule has 2 heterocycles. The lowest BCUT2D eigenvalue weighted by atomic mass is 10.1. The molecule has 0 unspecified atom stereocenters. The molecule has 1 atom stereocenters. The summed E-state index contributed by atoms with van der Waals surface area (Å²) in [5.74, 6) is -0.251. The maximum absolute atomic E-state index is 13.2. The Balaban J connectivity index is 1.74. The zero-order chi connectivity index (χ0) is 22.6. The van der Waals surface area contributed by atoms with Gasteiger partial charge in [-0.25, -0.2) is 4.98 Å². The average Bonchev–Trinajstić information content (AvgIpc) is 3.27. The number of rotatable bonds is 7. The van der Waals surface area contributed by atoms with E-state index in [9.17, 15) is 18.0 Å². The largest absolute Gasteiger partial charge is 0.475 e. The van der Waals surface area contributed by atoms with Crippen molar-refractivity contribution in [2.75, 3.05) is 13.2 Å². The lowest BCUT2D eigenvalue weighted by Crippen LogP contribution is -2.42. The van der Waals surface area contributed by atoms with E-state index in [0.717, 1.165) is 12.1 Å². The quantitative estimate of drug-likeness (QED) is 0.534. The van der Waals surface area contributed by atoms with Crippen LogP contribution >= 0.6 is 11.6 Å². The van der Waals surface area contributed by atoms with Gasteiger partial charge in [-0.3, -0.25) is 4.79 Å². The second-order valence-corrected chi connectivity index (χ2v) is 7.05. The van der Waals surface area contributed by atoms with Crippen LogP contribution in [-0.2, 0) is 6.18 Å². The topological polar surface area (TPSA) is 73.1 Å². The standard InChI is InChI=1S/C20H19ClF3N5O2/c1-3-28(13(2)12-31-18-7-4-14(11-25-18)20(22,23)24)19(30)16-6-5-15(21)10-17(16)29-26-8-9-27-29/h4-11,13H,3,12H2,1-2H3/t13-/m0/s1. The van der Waals surface area contributed by atoms with Gasteiger partial charge in [0.15, 0.2) is 0 Å². The third-order valence-electron chi connectivity index (χ3n) is 4.49. The van der Waals surface area contributed by atoms with Crippen LogP contribution in [0.2, 0.25) is 5.02 Å². The first kappa shape index (κ1) is 22.5. The van der Waals surface area contributed by atoms with Gasteiger partial charge in [0.2, 0.25) is 5.88 Å². The fourth-order valence-electron chi connectivity index (χ4n) is 2.93. The van der Waals surface area contributed by atoms with Gasteiger partial charge in [0.25, 0.3) is 5.91 Å². The van der Waals surface area contributed by atoms with Gasteiger partial charge in [0.1, 0.15) is 6.61 Å². The number of halogens is 4. The summed E-state index contributed by atoms with van der Waals surface area (Å²) in [5.41, 5.74) is -0.0822. The van der Waals surface area contributed by atoms with Crippen LogP contribution in [0.15, 0.2) is 48.9 Å². The number of nitrogens with zero attached hydrogens (tertiary/aromatic N) is 5. The first-order chi connectivity index (χ1) is 14.7. The highest BCUT2D eigenvalue weighted by Gasteiger charge is 2.31. The van der Waals surface area contributed by atoms with Crippen LogP contribution in [0.25, 0.3) is 5.69 Å². The summed E-state index contributed by atoms with van der Waals surface area (Å²) in [6.07, 6.45) is -0.787. The van der Waals surface area contributed by atoms with Gasteiger partial charge in [-0.05, 0) is 38.1 Å². The molecule has 7 nitrogen and oxygen atoms in total. The van der Waals surface area contributed by atoms with E-state index in [1.165, 1.54) is 17.2 Å². The van der Waals surface area contributed by atoms with Crippen molar-refractivity contribution < 1.29 is 22.7 Å². The molecule has 0 aliphatic carbocycles. The first-order valence-corrected chi connectivity index (χ1v) is 9.71. The van der Waals surface area contributed by atoms with E-state index in [0.29, 0.717) is 29.0 Å². The minimum absolute atomic E-state index is 0.0382. The monoisotopic (exact) mass is 453 g/mol. The molecule has 1 aromatic carbocycles. The molecule has 0 saturated carbocycles. The summed E-state index contributed by atoms with van der Waals surface area (Å²) in [6.45, 7) is 4.00. The molecule has 0 radical (unpaired) electrons. The zero-order valence-corrected chi connectivity index (χ0v) is 17.4. The summed E-state index contributed by atoms with van der Waals surface area (Å²) >= 11 is 6.08. The third-order valence-corrected chi connectivity index (χ3v) is 4.73. The Morgan fingerprint density at radius 1 is 1.23 bits per heavy atom. The lowest BCUT2D eigenvalue weighted by Gasteiger charge is -2.28. The number of benzene rings is 1. The highest BCUT2D eigenvalue weighted by molar-refractivity contribution is 6.31. The Bertz CT molecular complexity index is 1030. The molecule has 0 aliphatic rings. The van der Waals surface area contributed by atoms with Crippen LogP contribution in [0.3, 0.4) is 0 Å². The minimum Gasteiger partial charge on any atom is -0.475 e. The van der Waals surface area contributed by atoms with Crippen molar-refractivity contribution in [1.29, 1.82) is 0 Å². The van der Waals surface area contributed by atoms with Crippen LogP contribution in [0.1, 0.15) is 29.8 Å². The third kappa shape index (κ3) is 5.32. The molecule has 3 aromatic rings. The molecule has 2 aromatic heterocycles. The number of ether oxygens (including phenoxy) is 1. The molecule has 11 heteroatoms. The molecular weight excluding hydrogens is 435 g/mol. The van der Waals surface area contributed by atoms with Gasteiger partial charge in [-0.2, -0.15) is 28.2 Å². The predicted octanol–water partition coefficient (Wildman–Crippen LogP) is 4.26. The van der Waals surface area contributed by atoms with Crippen LogP contribution in [0, 0.1) is 0 Å². The summed E-state index contributed by atoms with van der Waals surface area (Å²) in [4.78, 5) is 19.8. The second kappa shape index (κ2) is 9.34. The van der Waals surface area contributed by atoms with Gasteiger partial charge in [0.05, 0.1) is 35.2 Å². The van der Waals surface area contributed by atoms with Crippen molar-refractivity contribution in [3.05, 3.63) is 65.1 Å². The fraction of sp³-hybridized carbons (Fsp3) is 0.300. The Morgan fingerprint density at radius 2 is 1.94 bits per heavy atom.